The summed E-state index contributed by atoms with van der Waals surface area (Å²) < 4.78 is 15.6. The molecule has 0 unspecified atom stereocenters. The van der Waals surface area contributed by atoms with Gasteiger partial charge in [-0.1, -0.05) is 35.3 Å². The summed E-state index contributed by atoms with van der Waals surface area (Å²) in [5, 5.41) is 4.16. The quantitative estimate of drug-likeness (QED) is 0.374. The fourth-order valence-electron chi connectivity index (χ4n) is 3.71. The molecule has 0 radical (unpaired) electrons. The average Bonchev–Trinajstić information content (AvgIpc) is 3.26. The zero-order valence-corrected chi connectivity index (χ0v) is 18.1. The van der Waals surface area contributed by atoms with E-state index in [1.807, 2.05) is 6.92 Å². The number of hydrogen-bond donors (Lipinski definition) is 2. The maximum absolute atomic E-state index is 14.2. The van der Waals surface area contributed by atoms with Gasteiger partial charge in [0.1, 0.15) is 17.7 Å². The summed E-state index contributed by atoms with van der Waals surface area (Å²) in [6.45, 7) is 1.88. The maximum Gasteiger partial charge on any atom is 0.264 e. The molecule has 10 heteroatoms. The van der Waals surface area contributed by atoms with Crippen LogP contribution in [0.5, 0.6) is 0 Å². The van der Waals surface area contributed by atoms with E-state index in [4.69, 9.17) is 23.2 Å². The molecule has 2 N–H and O–H groups in total. The van der Waals surface area contributed by atoms with E-state index < -0.39 is 17.4 Å². The Labute approximate surface area is 190 Å². The van der Waals surface area contributed by atoms with Crippen LogP contribution in [0.1, 0.15) is 18.7 Å². The lowest BCUT2D eigenvalue weighted by atomic mass is 10.1. The summed E-state index contributed by atoms with van der Waals surface area (Å²) in [5.74, 6) is -0.152. The first-order valence-electron chi connectivity index (χ1n) is 9.64. The van der Waals surface area contributed by atoms with Crippen LogP contribution in [0.4, 0.5) is 10.2 Å². The van der Waals surface area contributed by atoms with Gasteiger partial charge in [-0.05, 0) is 42.6 Å². The summed E-state index contributed by atoms with van der Waals surface area (Å²) in [6, 6.07) is 11.0. The first-order chi connectivity index (χ1) is 15.4. The molecule has 7 nitrogen and oxygen atoms in total. The normalized spacial score (nSPS) is 12.4. The highest BCUT2D eigenvalue weighted by Gasteiger charge is 2.20. The lowest BCUT2D eigenvalue weighted by Crippen LogP contribution is -2.26. The molecule has 0 saturated heterocycles. The predicted octanol–water partition coefficient (Wildman–Crippen LogP) is 5.28. The fraction of sp³-hybridized carbons (Fsp3) is 0.0909. The molecule has 0 aliphatic rings. The Kier molecular flexibility index (Phi) is 5.03. The standard InChI is InChI=1S/C22H15Cl2FN6O/c1-11(30-21-19-20(27-9-26-19)28-10-29-21)16-7-12-5-6-15(25)18(24)17(12)22(32)31(16)14-4-2-3-13(23)8-14/h2-11H,1H3,(H2,26,27,28,29,30)/t11-/m1/s1. The van der Waals surface area contributed by atoms with Crippen molar-refractivity contribution in [3.05, 3.63) is 87.0 Å². The molecule has 0 amide bonds. The van der Waals surface area contributed by atoms with Gasteiger partial charge < -0.3 is 10.3 Å². The van der Waals surface area contributed by atoms with Gasteiger partial charge in [0.2, 0.25) is 0 Å². The van der Waals surface area contributed by atoms with Crippen molar-refractivity contribution in [2.45, 2.75) is 13.0 Å². The highest BCUT2D eigenvalue weighted by Crippen LogP contribution is 2.29. The lowest BCUT2D eigenvalue weighted by molar-refractivity contribution is 0.629. The van der Waals surface area contributed by atoms with E-state index in [0.717, 1.165) is 0 Å². The molecule has 0 fully saturated rings. The molecule has 0 bridgehead atoms. The van der Waals surface area contributed by atoms with Crippen molar-refractivity contribution in [1.29, 1.82) is 0 Å². The number of rotatable bonds is 4. The first kappa shape index (κ1) is 20.4. The predicted molar refractivity (Wildman–Crippen MR) is 123 cm³/mol. The van der Waals surface area contributed by atoms with Gasteiger partial charge in [0.25, 0.3) is 5.56 Å². The molecule has 0 saturated carbocycles. The number of halogens is 3. The summed E-state index contributed by atoms with van der Waals surface area (Å²) in [6.07, 6.45) is 2.95. The van der Waals surface area contributed by atoms with E-state index in [1.54, 1.807) is 30.3 Å². The SMILES string of the molecule is C[C@@H](Nc1ncnc2[nH]cnc12)c1cc2ccc(F)c(Cl)c2c(=O)n1-c1cccc(Cl)c1. The molecule has 160 valence electrons. The van der Waals surface area contributed by atoms with Crippen molar-refractivity contribution in [3.8, 4) is 5.69 Å². The third kappa shape index (κ3) is 3.37. The van der Waals surface area contributed by atoms with Crippen molar-refractivity contribution in [2.75, 3.05) is 5.32 Å². The highest BCUT2D eigenvalue weighted by molar-refractivity contribution is 6.35. The zero-order valence-electron chi connectivity index (χ0n) is 16.6. The number of H-pyrrole nitrogens is 1. The molecule has 1 atom stereocenters. The van der Waals surface area contributed by atoms with E-state index in [2.05, 4.69) is 25.3 Å². The number of nitrogens with one attached hydrogen (secondary N) is 2. The smallest absolute Gasteiger partial charge is 0.264 e. The number of fused-ring (bicyclic) bond motifs is 2. The zero-order chi connectivity index (χ0) is 22.4. The van der Waals surface area contributed by atoms with E-state index in [9.17, 15) is 9.18 Å². The average molecular weight is 469 g/mol. The van der Waals surface area contributed by atoms with Crippen LogP contribution in [-0.4, -0.2) is 24.5 Å². The number of aromatic nitrogens is 5. The fourth-order valence-corrected chi connectivity index (χ4v) is 4.14. The van der Waals surface area contributed by atoms with Gasteiger partial charge in [0, 0.05) is 10.7 Å². The maximum atomic E-state index is 14.2. The van der Waals surface area contributed by atoms with Crippen LogP contribution in [0.3, 0.4) is 0 Å². The van der Waals surface area contributed by atoms with Crippen molar-refractivity contribution in [2.24, 2.45) is 0 Å². The minimum atomic E-state index is -0.658. The summed E-state index contributed by atoms with van der Waals surface area (Å²) in [7, 11) is 0. The first-order valence-corrected chi connectivity index (χ1v) is 10.4. The molecule has 3 heterocycles. The Bertz CT molecular complexity index is 1550. The van der Waals surface area contributed by atoms with E-state index in [1.165, 1.54) is 29.4 Å². The molecule has 5 aromatic rings. The molecule has 3 aromatic heterocycles. The molecule has 0 aliphatic heterocycles. The highest BCUT2D eigenvalue weighted by atomic mass is 35.5. The van der Waals surface area contributed by atoms with Gasteiger partial charge >= 0.3 is 0 Å². The lowest BCUT2D eigenvalue weighted by Gasteiger charge is -2.21. The third-order valence-electron chi connectivity index (χ3n) is 5.19. The second-order valence-corrected chi connectivity index (χ2v) is 8.02. The van der Waals surface area contributed by atoms with E-state index in [-0.39, 0.29) is 10.4 Å². The molecular formula is C22H15Cl2FN6O. The van der Waals surface area contributed by atoms with Crippen molar-refractivity contribution < 1.29 is 4.39 Å². The molecule has 5 rings (SSSR count). The number of hydrogen-bond acceptors (Lipinski definition) is 5. The van der Waals surface area contributed by atoms with E-state index >= 15 is 0 Å². The topological polar surface area (TPSA) is 88.5 Å². The van der Waals surface area contributed by atoms with Gasteiger partial charge in [-0.15, -0.1) is 0 Å². The Morgan fingerprint density at radius 3 is 2.78 bits per heavy atom. The molecular weight excluding hydrogens is 454 g/mol. The molecule has 0 spiro atoms. The summed E-state index contributed by atoms with van der Waals surface area (Å²) in [5.41, 5.74) is 1.84. The van der Waals surface area contributed by atoms with Gasteiger partial charge in [-0.25, -0.2) is 19.3 Å². The Morgan fingerprint density at radius 2 is 1.97 bits per heavy atom. The van der Waals surface area contributed by atoms with E-state index in [0.29, 0.717) is 38.8 Å². The Hall–Kier alpha value is -3.49. The van der Waals surface area contributed by atoms with Crippen molar-refractivity contribution in [1.82, 2.24) is 24.5 Å². The van der Waals surface area contributed by atoms with Crippen LogP contribution in [0, 0.1) is 5.82 Å². The van der Waals surface area contributed by atoms with Crippen LogP contribution < -0.4 is 10.9 Å². The minimum Gasteiger partial charge on any atom is -0.360 e. The van der Waals surface area contributed by atoms with Crippen LogP contribution in [-0.2, 0) is 0 Å². The van der Waals surface area contributed by atoms with Gasteiger partial charge in [-0.2, -0.15) is 0 Å². The minimum absolute atomic E-state index is 0.0966. The van der Waals surface area contributed by atoms with Gasteiger partial charge in [0.05, 0.1) is 28.5 Å². The Balaban J connectivity index is 1.74. The van der Waals surface area contributed by atoms with Gasteiger partial charge in [0.15, 0.2) is 11.5 Å². The second kappa shape index (κ2) is 7.89. The van der Waals surface area contributed by atoms with Crippen LogP contribution in [0.25, 0.3) is 27.6 Å². The number of aromatic amines is 1. The number of anilines is 1. The summed E-state index contributed by atoms with van der Waals surface area (Å²) in [4.78, 5) is 29.2. The molecule has 32 heavy (non-hydrogen) atoms. The van der Waals surface area contributed by atoms with Crippen molar-refractivity contribution >= 4 is 51.0 Å². The third-order valence-corrected chi connectivity index (χ3v) is 5.79. The largest absolute Gasteiger partial charge is 0.360 e. The monoisotopic (exact) mass is 468 g/mol. The number of nitrogens with zero attached hydrogens (tertiary/aromatic N) is 4. The number of pyridine rings is 1. The van der Waals surface area contributed by atoms with Crippen LogP contribution in [0.15, 0.2) is 59.9 Å². The molecule has 0 aliphatic carbocycles. The summed E-state index contributed by atoms with van der Waals surface area (Å²) >= 11 is 12.4. The second-order valence-electron chi connectivity index (χ2n) is 7.20. The van der Waals surface area contributed by atoms with Crippen LogP contribution in [0.2, 0.25) is 10.0 Å². The van der Waals surface area contributed by atoms with Crippen LogP contribution >= 0.6 is 23.2 Å². The van der Waals surface area contributed by atoms with Crippen molar-refractivity contribution in [3.63, 3.8) is 0 Å². The number of imidazole rings is 1. The molecule has 2 aromatic carbocycles. The number of benzene rings is 2. The van der Waals surface area contributed by atoms with Gasteiger partial charge in [-0.3, -0.25) is 9.36 Å². The Morgan fingerprint density at radius 1 is 1.12 bits per heavy atom.